The van der Waals surface area contributed by atoms with Crippen molar-refractivity contribution in [3.05, 3.63) is 69.9 Å². The molecule has 2 N–H and O–H groups in total. The summed E-state index contributed by atoms with van der Waals surface area (Å²) in [5.74, 6) is -0.620. The normalized spacial score (nSPS) is 10.8. The topological polar surface area (TPSA) is 137 Å². The first-order valence-electron chi connectivity index (χ1n) is 9.52. The third-order valence-electron chi connectivity index (χ3n) is 4.27. The number of ether oxygens (including phenoxy) is 2. The molecule has 0 spiro atoms. The molecule has 1 radical (unpaired) electrons. The van der Waals surface area contributed by atoms with E-state index in [-0.39, 0.29) is 23.6 Å². The minimum absolute atomic E-state index is 0.0334. The number of aliphatic hydroxyl groups excluding tert-OH is 1. The standard InChI is InChI=1S/C21H20AsN4O6/c1-3-32-20(28)17-18(26(29)30)19(23-15-10-6-7-11-16(15)31-2)25-21(24-17)22-14-9-5-4-8-13(14)12-27/h4-11,27H,3,12H2,1-2H3,(H,23,24,25). The Morgan fingerprint density at radius 1 is 1.19 bits per heavy atom. The number of nitro groups is 1. The molecule has 3 rings (SSSR count). The summed E-state index contributed by atoms with van der Waals surface area (Å²) >= 11 is -0.893. The molecule has 1 aromatic heterocycles. The Balaban J connectivity index is 2.16. The summed E-state index contributed by atoms with van der Waals surface area (Å²) in [5, 5.41) is 24.4. The first kappa shape index (κ1) is 23.2. The molecule has 0 amide bonds. The van der Waals surface area contributed by atoms with Gasteiger partial charge in [0.15, 0.2) is 0 Å². The van der Waals surface area contributed by atoms with E-state index in [1.54, 1.807) is 43.3 Å². The molecule has 0 saturated carbocycles. The number of carbonyl (C=O) groups is 1. The van der Waals surface area contributed by atoms with Crippen molar-refractivity contribution in [2.24, 2.45) is 0 Å². The van der Waals surface area contributed by atoms with Crippen LogP contribution in [0, 0.1) is 10.1 Å². The Kier molecular flexibility index (Phi) is 7.75. The molecule has 0 saturated heterocycles. The third kappa shape index (κ3) is 5.22. The summed E-state index contributed by atoms with van der Waals surface area (Å²) in [7, 11) is 1.47. The number of rotatable bonds is 9. The van der Waals surface area contributed by atoms with Crippen molar-refractivity contribution in [3.63, 3.8) is 0 Å². The van der Waals surface area contributed by atoms with Crippen molar-refractivity contribution >= 4 is 47.9 Å². The van der Waals surface area contributed by atoms with Crippen LogP contribution in [0.15, 0.2) is 48.5 Å². The summed E-state index contributed by atoms with van der Waals surface area (Å²) in [6.45, 7) is 1.46. The Hall–Kier alpha value is -3.49. The van der Waals surface area contributed by atoms with Crippen LogP contribution in [0.1, 0.15) is 23.0 Å². The number of aromatic nitrogens is 2. The Labute approximate surface area is 190 Å². The molecule has 1 heterocycles. The maximum absolute atomic E-state index is 12.5. The fourth-order valence-electron chi connectivity index (χ4n) is 2.83. The van der Waals surface area contributed by atoms with Crippen molar-refractivity contribution in [1.82, 2.24) is 9.97 Å². The molecule has 32 heavy (non-hydrogen) atoms. The fourth-order valence-corrected chi connectivity index (χ4v) is 4.86. The predicted octanol–water partition coefficient (Wildman–Crippen LogP) is 1.46. The molecule has 0 bridgehead atoms. The predicted molar refractivity (Wildman–Crippen MR) is 118 cm³/mol. The van der Waals surface area contributed by atoms with Crippen LogP contribution in [0.5, 0.6) is 5.75 Å². The van der Waals surface area contributed by atoms with Crippen molar-refractivity contribution < 1.29 is 24.3 Å². The zero-order valence-electron chi connectivity index (χ0n) is 17.3. The third-order valence-corrected chi connectivity index (χ3v) is 6.53. The monoisotopic (exact) mass is 499 g/mol. The van der Waals surface area contributed by atoms with Gasteiger partial charge in [-0.05, 0) is 0 Å². The fraction of sp³-hybridized carbons (Fsp3) is 0.190. The van der Waals surface area contributed by atoms with Gasteiger partial charge < -0.3 is 0 Å². The summed E-state index contributed by atoms with van der Waals surface area (Å²) in [6, 6.07) is 14.1. The van der Waals surface area contributed by atoms with E-state index in [9.17, 15) is 20.0 Å². The molecule has 10 nitrogen and oxygen atoms in total. The van der Waals surface area contributed by atoms with E-state index in [0.717, 1.165) is 4.35 Å². The number of methoxy groups -OCH3 is 1. The van der Waals surface area contributed by atoms with Gasteiger partial charge in [0.25, 0.3) is 0 Å². The molecule has 2 aromatic carbocycles. The second kappa shape index (κ2) is 10.7. The van der Waals surface area contributed by atoms with Gasteiger partial charge in [0, 0.05) is 0 Å². The van der Waals surface area contributed by atoms with Crippen LogP contribution in [0.25, 0.3) is 0 Å². The minimum atomic E-state index is -0.914. The van der Waals surface area contributed by atoms with Crippen LogP contribution in [0.2, 0.25) is 0 Å². The summed E-state index contributed by atoms with van der Waals surface area (Å²) in [6.07, 6.45) is 0. The Morgan fingerprint density at radius 3 is 2.59 bits per heavy atom. The quantitative estimate of drug-likeness (QED) is 0.194. The molecule has 165 valence electrons. The van der Waals surface area contributed by atoms with Crippen LogP contribution in [-0.4, -0.2) is 55.4 Å². The molecule has 0 fully saturated rings. The molecule has 3 aromatic rings. The molecule has 11 heteroatoms. The van der Waals surface area contributed by atoms with E-state index in [1.165, 1.54) is 7.11 Å². The Morgan fingerprint density at radius 2 is 1.91 bits per heavy atom. The molecule has 0 aliphatic carbocycles. The zero-order chi connectivity index (χ0) is 23.1. The van der Waals surface area contributed by atoms with Gasteiger partial charge in [-0.15, -0.1) is 0 Å². The second-order valence-electron chi connectivity index (χ2n) is 6.27. The van der Waals surface area contributed by atoms with E-state index >= 15 is 0 Å². The number of carbonyl (C=O) groups excluding carboxylic acids is 1. The summed E-state index contributed by atoms with van der Waals surface area (Å²) in [5.41, 5.74) is 0.113. The number of esters is 1. The molecule has 0 aliphatic heterocycles. The number of para-hydroxylation sites is 2. The first-order valence-corrected chi connectivity index (χ1v) is 11.4. The van der Waals surface area contributed by atoms with E-state index in [2.05, 4.69) is 15.3 Å². The van der Waals surface area contributed by atoms with Gasteiger partial charge >= 0.3 is 190 Å². The second-order valence-corrected chi connectivity index (χ2v) is 8.59. The van der Waals surface area contributed by atoms with Gasteiger partial charge in [-0.2, -0.15) is 0 Å². The number of nitrogens with zero attached hydrogens (tertiary/aromatic N) is 3. The number of benzene rings is 2. The number of aliphatic hydroxyl groups is 1. The van der Waals surface area contributed by atoms with Crippen LogP contribution in [-0.2, 0) is 11.3 Å². The number of nitrogens with one attached hydrogen (secondary N) is 1. The van der Waals surface area contributed by atoms with Crippen molar-refractivity contribution in [1.29, 1.82) is 0 Å². The summed E-state index contributed by atoms with van der Waals surface area (Å²) < 4.78 is 11.4. The van der Waals surface area contributed by atoms with Gasteiger partial charge in [0.1, 0.15) is 0 Å². The van der Waals surface area contributed by atoms with Crippen LogP contribution in [0.4, 0.5) is 17.2 Å². The zero-order valence-corrected chi connectivity index (χ0v) is 19.2. The van der Waals surface area contributed by atoms with Gasteiger partial charge in [-0.25, -0.2) is 0 Å². The van der Waals surface area contributed by atoms with Crippen molar-refractivity contribution in [2.75, 3.05) is 19.0 Å². The molecule has 0 unspecified atom stereocenters. The first-order chi connectivity index (χ1) is 15.5. The van der Waals surface area contributed by atoms with E-state index in [1.807, 2.05) is 12.1 Å². The van der Waals surface area contributed by atoms with E-state index in [0.29, 0.717) is 17.0 Å². The number of anilines is 2. The summed E-state index contributed by atoms with van der Waals surface area (Å²) in [4.78, 5) is 32.3. The maximum atomic E-state index is 12.5. The van der Waals surface area contributed by atoms with Crippen LogP contribution >= 0.6 is 0 Å². The Bertz CT molecular complexity index is 1140. The van der Waals surface area contributed by atoms with Gasteiger partial charge in [-0.1, -0.05) is 0 Å². The molecule has 0 aliphatic rings. The number of hydrogen-bond donors (Lipinski definition) is 2. The van der Waals surface area contributed by atoms with Gasteiger partial charge in [0.05, 0.1) is 0 Å². The molecular formula is C21H20AsN4O6. The van der Waals surface area contributed by atoms with E-state index in [4.69, 9.17) is 9.47 Å². The number of hydrogen-bond acceptors (Lipinski definition) is 9. The molecule has 0 atom stereocenters. The van der Waals surface area contributed by atoms with Crippen molar-refractivity contribution in [2.45, 2.75) is 13.5 Å². The average Bonchev–Trinajstić information content (AvgIpc) is 2.79. The SMILES string of the molecule is CCOC(=O)c1nc([As]c2ccccc2CO)nc(Nc2ccccc2OC)c1[N+](=O)[O-]. The van der Waals surface area contributed by atoms with Gasteiger partial charge in [0.2, 0.25) is 0 Å². The van der Waals surface area contributed by atoms with E-state index < -0.39 is 38.0 Å². The van der Waals surface area contributed by atoms with Crippen molar-refractivity contribution in [3.8, 4) is 5.75 Å². The van der Waals surface area contributed by atoms with Crippen LogP contribution in [0.3, 0.4) is 0 Å². The molecular weight excluding hydrogens is 479 g/mol. The van der Waals surface area contributed by atoms with Gasteiger partial charge in [-0.3, -0.25) is 0 Å². The van der Waals surface area contributed by atoms with Crippen LogP contribution < -0.4 is 19.0 Å². The average molecular weight is 499 g/mol.